The summed E-state index contributed by atoms with van der Waals surface area (Å²) < 4.78 is 0. The summed E-state index contributed by atoms with van der Waals surface area (Å²) >= 11 is 0. The van der Waals surface area contributed by atoms with E-state index in [0.717, 1.165) is 24.8 Å². The smallest absolute Gasteiger partial charge is 0.303 e. The largest absolute Gasteiger partial charge is 0.481 e. The van der Waals surface area contributed by atoms with Gasteiger partial charge in [0.2, 0.25) is 0 Å². The molecule has 0 bridgehead atoms. The SMILES string of the molecule is NCc1cccc(CCCCC(=O)O)c1. The van der Waals surface area contributed by atoms with Crippen molar-refractivity contribution >= 4 is 5.97 Å². The van der Waals surface area contributed by atoms with Crippen molar-refractivity contribution in [3.8, 4) is 0 Å². The Hall–Kier alpha value is -1.35. The number of aryl methyl sites for hydroxylation is 1. The lowest BCUT2D eigenvalue weighted by atomic mass is 10.0. The first-order valence-electron chi connectivity index (χ1n) is 5.22. The van der Waals surface area contributed by atoms with Crippen molar-refractivity contribution in [2.45, 2.75) is 32.2 Å². The van der Waals surface area contributed by atoms with Crippen LogP contribution in [0.3, 0.4) is 0 Å². The van der Waals surface area contributed by atoms with Crippen LogP contribution in [-0.4, -0.2) is 11.1 Å². The Morgan fingerprint density at radius 3 is 2.67 bits per heavy atom. The van der Waals surface area contributed by atoms with Gasteiger partial charge in [-0.15, -0.1) is 0 Å². The number of carboxylic acid groups (broad SMARTS) is 1. The predicted molar refractivity (Wildman–Crippen MR) is 59.5 cm³/mol. The Balaban J connectivity index is 2.33. The van der Waals surface area contributed by atoms with Crippen molar-refractivity contribution in [2.24, 2.45) is 5.73 Å². The fraction of sp³-hybridized carbons (Fsp3) is 0.417. The zero-order chi connectivity index (χ0) is 11.1. The topological polar surface area (TPSA) is 63.3 Å². The summed E-state index contributed by atoms with van der Waals surface area (Å²) in [7, 11) is 0. The lowest BCUT2D eigenvalue weighted by molar-refractivity contribution is -0.137. The summed E-state index contributed by atoms with van der Waals surface area (Å²) in [6.07, 6.45) is 2.85. The molecule has 0 aromatic heterocycles. The molecule has 3 heteroatoms. The number of aliphatic carboxylic acids is 1. The number of carboxylic acids is 1. The number of rotatable bonds is 6. The van der Waals surface area contributed by atoms with Crippen LogP contribution in [0.5, 0.6) is 0 Å². The summed E-state index contributed by atoms with van der Waals surface area (Å²) in [6, 6.07) is 8.14. The molecular formula is C12H17NO2. The average Bonchev–Trinajstić information content (AvgIpc) is 2.24. The molecule has 0 radical (unpaired) electrons. The summed E-state index contributed by atoms with van der Waals surface area (Å²) in [5.74, 6) is -0.717. The van der Waals surface area contributed by atoms with Gasteiger partial charge in [-0.2, -0.15) is 0 Å². The molecule has 0 amide bonds. The van der Waals surface area contributed by atoms with Crippen LogP contribution in [0.25, 0.3) is 0 Å². The first kappa shape index (κ1) is 11.7. The normalized spacial score (nSPS) is 10.2. The van der Waals surface area contributed by atoms with E-state index in [4.69, 9.17) is 10.8 Å². The van der Waals surface area contributed by atoms with Crippen LogP contribution in [0.15, 0.2) is 24.3 Å². The quantitative estimate of drug-likeness (QED) is 0.701. The van der Waals surface area contributed by atoms with Crippen molar-refractivity contribution in [3.63, 3.8) is 0 Å². The Labute approximate surface area is 89.9 Å². The Bertz CT molecular complexity index is 323. The van der Waals surface area contributed by atoms with Crippen LogP contribution in [-0.2, 0) is 17.8 Å². The Morgan fingerprint density at radius 1 is 1.27 bits per heavy atom. The highest BCUT2D eigenvalue weighted by Crippen LogP contribution is 2.09. The van der Waals surface area contributed by atoms with Crippen LogP contribution in [0, 0.1) is 0 Å². The minimum atomic E-state index is -0.717. The molecule has 0 saturated carbocycles. The summed E-state index contributed by atoms with van der Waals surface area (Å²) in [5, 5.41) is 8.48. The highest BCUT2D eigenvalue weighted by atomic mass is 16.4. The second-order valence-electron chi connectivity index (χ2n) is 3.62. The third-order valence-corrected chi connectivity index (χ3v) is 2.33. The maximum atomic E-state index is 10.3. The van der Waals surface area contributed by atoms with Crippen LogP contribution in [0.1, 0.15) is 30.4 Å². The number of hydrogen-bond donors (Lipinski definition) is 2. The second kappa shape index (κ2) is 6.19. The van der Waals surface area contributed by atoms with E-state index < -0.39 is 5.97 Å². The van der Waals surface area contributed by atoms with Gasteiger partial charge in [0, 0.05) is 13.0 Å². The van der Waals surface area contributed by atoms with Crippen LogP contribution in [0.2, 0.25) is 0 Å². The highest BCUT2D eigenvalue weighted by Gasteiger charge is 1.98. The van der Waals surface area contributed by atoms with Crippen molar-refractivity contribution < 1.29 is 9.90 Å². The minimum absolute atomic E-state index is 0.260. The molecule has 0 fully saturated rings. The third-order valence-electron chi connectivity index (χ3n) is 2.33. The Morgan fingerprint density at radius 2 is 2.00 bits per heavy atom. The number of unbranched alkanes of at least 4 members (excludes halogenated alkanes) is 1. The van der Waals surface area contributed by atoms with E-state index in [1.807, 2.05) is 12.1 Å². The van der Waals surface area contributed by atoms with Gasteiger partial charge < -0.3 is 10.8 Å². The second-order valence-corrected chi connectivity index (χ2v) is 3.62. The van der Waals surface area contributed by atoms with Gasteiger partial charge in [-0.25, -0.2) is 0 Å². The molecule has 15 heavy (non-hydrogen) atoms. The zero-order valence-electron chi connectivity index (χ0n) is 8.78. The lowest BCUT2D eigenvalue weighted by Crippen LogP contribution is -1.98. The molecular weight excluding hydrogens is 190 g/mol. The van der Waals surface area contributed by atoms with Gasteiger partial charge in [0.25, 0.3) is 0 Å². The van der Waals surface area contributed by atoms with Crippen LogP contribution in [0.4, 0.5) is 0 Å². The molecule has 0 aliphatic carbocycles. The lowest BCUT2D eigenvalue weighted by Gasteiger charge is -2.02. The van der Waals surface area contributed by atoms with Crippen molar-refractivity contribution in [1.82, 2.24) is 0 Å². The molecule has 0 saturated heterocycles. The van der Waals surface area contributed by atoms with Crippen molar-refractivity contribution in [1.29, 1.82) is 0 Å². The molecule has 0 heterocycles. The molecule has 1 aromatic carbocycles. The monoisotopic (exact) mass is 207 g/mol. The van der Waals surface area contributed by atoms with E-state index in [9.17, 15) is 4.79 Å². The van der Waals surface area contributed by atoms with Gasteiger partial charge >= 0.3 is 5.97 Å². The van der Waals surface area contributed by atoms with Gasteiger partial charge in [-0.3, -0.25) is 4.79 Å². The highest BCUT2D eigenvalue weighted by molar-refractivity contribution is 5.66. The molecule has 3 nitrogen and oxygen atoms in total. The number of hydrogen-bond acceptors (Lipinski definition) is 2. The van der Waals surface area contributed by atoms with Gasteiger partial charge in [0.1, 0.15) is 0 Å². The number of carbonyl (C=O) groups is 1. The van der Waals surface area contributed by atoms with E-state index >= 15 is 0 Å². The molecule has 0 aliphatic heterocycles. The average molecular weight is 207 g/mol. The molecule has 0 atom stereocenters. The molecule has 0 unspecified atom stereocenters. The van der Waals surface area contributed by atoms with Crippen LogP contribution >= 0.6 is 0 Å². The van der Waals surface area contributed by atoms with E-state index in [-0.39, 0.29) is 6.42 Å². The summed E-state index contributed by atoms with van der Waals surface area (Å²) in [4.78, 5) is 10.3. The van der Waals surface area contributed by atoms with E-state index in [2.05, 4.69) is 12.1 Å². The fourth-order valence-corrected chi connectivity index (χ4v) is 1.52. The van der Waals surface area contributed by atoms with Crippen molar-refractivity contribution in [3.05, 3.63) is 35.4 Å². The van der Waals surface area contributed by atoms with Gasteiger partial charge in [-0.1, -0.05) is 24.3 Å². The van der Waals surface area contributed by atoms with Gasteiger partial charge in [0.05, 0.1) is 0 Å². The molecule has 1 rings (SSSR count). The van der Waals surface area contributed by atoms with Crippen molar-refractivity contribution in [2.75, 3.05) is 0 Å². The standard InChI is InChI=1S/C12H17NO2/c13-9-11-6-3-5-10(8-11)4-1-2-7-12(14)15/h3,5-6,8H,1-2,4,7,9,13H2,(H,14,15). The first-order chi connectivity index (χ1) is 7.22. The van der Waals surface area contributed by atoms with Gasteiger partial charge in [-0.05, 0) is 30.4 Å². The summed E-state index contributed by atoms with van der Waals surface area (Å²) in [5.41, 5.74) is 7.91. The van der Waals surface area contributed by atoms with Crippen LogP contribution < -0.4 is 5.73 Å². The van der Waals surface area contributed by atoms with Gasteiger partial charge in [0.15, 0.2) is 0 Å². The molecule has 1 aromatic rings. The maximum Gasteiger partial charge on any atom is 0.303 e. The Kier molecular flexibility index (Phi) is 4.84. The number of benzene rings is 1. The molecule has 0 spiro atoms. The predicted octanol–water partition coefficient (Wildman–Crippen LogP) is 1.94. The third kappa shape index (κ3) is 4.61. The van der Waals surface area contributed by atoms with E-state index in [0.29, 0.717) is 6.54 Å². The molecule has 3 N–H and O–H groups in total. The minimum Gasteiger partial charge on any atom is -0.481 e. The number of nitrogens with two attached hydrogens (primary N) is 1. The van der Waals surface area contributed by atoms with E-state index in [1.165, 1.54) is 5.56 Å². The first-order valence-corrected chi connectivity index (χ1v) is 5.22. The summed E-state index contributed by atoms with van der Waals surface area (Å²) in [6.45, 7) is 0.558. The molecule has 0 aliphatic rings. The zero-order valence-corrected chi connectivity index (χ0v) is 8.78. The fourth-order valence-electron chi connectivity index (χ4n) is 1.52. The molecule has 82 valence electrons. The van der Waals surface area contributed by atoms with E-state index in [1.54, 1.807) is 0 Å². The maximum absolute atomic E-state index is 10.3.